The van der Waals surface area contributed by atoms with Gasteiger partial charge in [0.1, 0.15) is 38.1 Å². The van der Waals surface area contributed by atoms with Gasteiger partial charge in [0.25, 0.3) is 0 Å². The van der Waals surface area contributed by atoms with Gasteiger partial charge in [0.2, 0.25) is 11.8 Å². The van der Waals surface area contributed by atoms with Crippen molar-refractivity contribution in [1.82, 2.24) is 10.6 Å². The molecule has 3 N–H and O–H groups in total. The Kier molecular flexibility index (Phi) is 28.8. The Labute approximate surface area is 395 Å². The van der Waals surface area contributed by atoms with E-state index in [1.54, 1.807) is 14.2 Å². The van der Waals surface area contributed by atoms with Crippen molar-refractivity contribution in [3.63, 3.8) is 0 Å². The van der Waals surface area contributed by atoms with E-state index in [0.717, 1.165) is 24.8 Å². The van der Waals surface area contributed by atoms with Crippen LogP contribution in [0.5, 0.6) is 0 Å². The molecule has 0 aliphatic carbocycles. The lowest BCUT2D eigenvalue weighted by Crippen LogP contribution is -2.55. The first kappa shape index (κ1) is 57.4. The van der Waals surface area contributed by atoms with E-state index in [1.165, 1.54) is 6.92 Å². The molecule has 8 atom stereocenters. The van der Waals surface area contributed by atoms with Crippen molar-refractivity contribution in [2.45, 2.75) is 108 Å². The third-order valence-corrected chi connectivity index (χ3v) is 11.2. The minimum absolute atomic E-state index is 0.0000818. The molecule has 2 aliphatic rings. The van der Waals surface area contributed by atoms with Crippen LogP contribution in [-0.4, -0.2) is 171 Å². The fourth-order valence-electron chi connectivity index (χ4n) is 7.62. The van der Waals surface area contributed by atoms with Crippen LogP contribution in [0.3, 0.4) is 0 Å². The monoisotopic (exact) mass is 953 g/mol. The minimum atomic E-state index is -1.98. The van der Waals surface area contributed by atoms with Crippen LogP contribution in [0, 0.1) is 11.8 Å². The van der Waals surface area contributed by atoms with Crippen molar-refractivity contribution in [1.29, 1.82) is 0 Å². The molecular weight excluding hydrogens is 877 g/mol. The van der Waals surface area contributed by atoms with Crippen LogP contribution >= 0.6 is 0 Å². The van der Waals surface area contributed by atoms with Crippen LogP contribution in [0.4, 0.5) is 0 Å². The zero-order chi connectivity index (χ0) is 48.7. The fourth-order valence-corrected chi connectivity index (χ4v) is 7.62. The number of rotatable bonds is 29. The van der Waals surface area contributed by atoms with Crippen LogP contribution in [0.2, 0.25) is 0 Å². The number of esters is 2. The number of Topliss-reactive ketones (excluding diaryl/α,β-unsaturated/α-hetero) is 1. The summed E-state index contributed by atoms with van der Waals surface area (Å²) >= 11 is 0. The van der Waals surface area contributed by atoms with E-state index in [1.807, 2.05) is 56.3 Å². The third-order valence-electron chi connectivity index (χ3n) is 11.2. The maximum absolute atomic E-state index is 13.5. The Hall–Kier alpha value is -3.89. The molecule has 19 heteroatoms. The summed E-state index contributed by atoms with van der Waals surface area (Å²) in [5, 5.41) is 17.2. The highest BCUT2D eigenvalue weighted by Gasteiger charge is 2.49. The minimum Gasteiger partial charge on any atom is -0.460 e. The average Bonchev–Trinajstić information content (AvgIpc) is 3.30. The Morgan fingerprint density at radius 3 is 2.04 bits per heavy atom. The van der Waals surface area contributed by atoms with Crippen molar-refractivity contribution in [3.8, 4) is 0 Å². The zero-order valence-corrected chi connectivity index (χ0v) is 40.1. The lowest BCUT2D eigenvalue weighted by atomic mass is 9.81. The molecule has 0 radical (unpaired) electrons. The van der Waals surface area contributed by atoms with E-state index in [-0.39, 0.29) is 114 Å². The Bertz CT molecular complexity index is 1600. The van der Waals surface area contributed by atoms with Gasteiger partial charge in [0.15, 0.2) is 11.6 Å². The number of nitrogens with one attached hydrogen (secondary N) is 2. The van der Waals surface area contributed by atoms with Gasteiger partial charge < -0.3 is 67.8 Å². The van der Waals surface area contributed by atoms with Crippen molar-refractivity contribution < 1.29 is 81.2 Å². The number of hydrogen-bond acceptors (Lipinski definition) is 17. The topological polar surface area (TPSA) is 231 Å². The maximum Gasteiger partial charge on any atom is 0.332 e. The predicted octanol–water partition coefficient (Wildman–Crippen LogP) is 3.18. The van der Waals surface area contributed by atoms with Crippen molar-refractivity contribution >= 4 is 29.5 Å². The van der Waals surface area contributed by atoms with Crippen LogP contribution in [0.25, 0.3) is 0 Å². The quantitative estimate of drug-likeness (QED) is 0.0595. The molecular formula is C48H76N2O17. The average molecular weight is 953 g/mol. The van der Waals surface area contributed by atoms with Crippen molar-refractivity contribution in [2.75, 3.05) is 107 Å². The summed E-state index contributed by atoms with van der Waals surface area (Å²) in [7, 11) is 3.29. The number of methoxy groups -OCH3 is 2. The first-order valence-corrected chi connectivity index (χ1v) is 23.4. The van der Waals surface area contributed by atoms with E-state index in [2.05, 4.69) is 10.6 Å². The fraction of sp³-hybridized carbons (Fsp3) is 0.729. The van der Waals surface area contributed by atoms with E-state index in [0.29, 0.717) is 45.6 Å². The van der Waals surface area contributed by atoms with Gasteiger partial charge in [-0.3, -0.25) is 19.2 Å². The van der Waals surface area contributed by atoms with Gasteiger partial charge in [-0.1, -0.05) is 62.8 Å². The number of carbonyl (C=O) groups excluding carboxylic acids is 5. The third kappa shape index (κ3) is 24.3. The second kappa shape index (κ2) is 33.6. The normalized spacial score (nSPS) is 25.4. The van der Waals surface area contributed by atoms with E-state index >= 15 is 0 Å². The molecule has 1 saturated heterocycles. The maximum atomic E-state index is 13.5. The summed E-state index contributed by atoms with van der Waals surface area (Å²) in [6, 6.07) is 9.49. The van der Waals surface area contributed by atoms with Gasteiger partial charge in [0.05, 0.1) is 71.5 Å². The van der Waals surface area contributed by atoms with E-state index in [9.17, 15) is 29.1 Å². The lowest BCUT2D eigenvalue weighted by molar-refractivity contribution is -0.297. The number of aliphatic hydroxyl groups is 1. The van der Waals surface area contributed by atoms with Gasteiger partial charge >= 0.3 is 11.9 Å². The number of benzene rings is 1. The number of amides is 2. The van der Waals surface area contributed by atoms with E-state index in [4.69, 9.17) is 52.1 Å². The first-order chi connectivity index (χ1) is 32.3. The molecule has 3 rings (SSSR count). The highest BCUT2D eigenvalue weighted by molar-refractivity contribution is 5.79. The second-order valence-electron chi connectivity index (χ2n) is 16.7. The summed E-state index contributed by atoms with van der Waals surface area (Å²) in [5.74, 6) is -4.39. The lowest BCUT2D eigenvalue weighted by Gasteiger charge is -2.46. The molecule has 2 amide bonds. The number of cyclic esters (lactones) is 1. The standard InChI is InChI=1S/C48H76N2O17/c1-35-17-18-42(58-5)41(57-4)16-10-9-15-40(38-12-7-6-8-13-38)65-45(54)31-48(56)30-43(36(2)47(35)67-48)66-46(55)34-64-29-26-61-23-20-50-44(53)33-63-28-24-59-21-11-14-39(52)32-62-27-25-60-22-19-49-37(3)51/h6-8,12-13,17-18,35-36,40-43,47,56H,9-11,14-16,19-34H2,1-5H3,(H,49,51)(H,50,53)/b18-17+. The van der Waals surface area contributed by atoms with Gasteiger partial charge in [0, 0.05) is 65.5 Å². The number of carbonyl (C=O) groups is 5. The summed E-state index contributed by atoms with van der Waals surface area (Å²) < 4.78 is 62.2. The largest absolute Gasteiger partial charge is 0.460 e. The molecule has 2 heterocycles. The molecule has 0 spiro atoms. The van der Waals surface area contributed by atoms with Crippen LogP contribution in [0.1, 0.15) is 83.8 Å². The summed E-state index contributed by atoms with van der Waals surface area (Å²) in [4.78, 5) is 61.3. The number of hydrogen-bond donors (Lipinski definition) is 3. The predicted molar refractivity (Wildman–Crippen MR) is 243 cm³/mol. The Balaban J connectivity index is 1.32. The Morgan fingerprint density at radius 2 is 1.37 bits per heavy atom. The highest BCUT2D eigenvalue weighted by Crippen LogP contribution is 2.39. The molecule has 380 valence electrons. The van der Waals surface area contributed by atoms with Crippen molar-refractivity contribution in [2.24, 2.45) is 11.8 Å². The van der Waals surface area contributed by atoms with Crippen LogP contribution in [0.15, 0.2) is 42.5 Å². The Morgan fingerprint density at radius 1 is 0.746 bits per heavy atom. The summed E-state index contributed by atoms with van der Waals surface area (Å²) in [5.41, 5.74) is 0.847. The molecule has 2 bridgehead atoms. The van der Waals surface area contributed by atoms with Gasteiger partial charge in [-0.2, -0.15) is 0 Å². The number of ketones is 1. The van der Waals surface area contributed by atoms with Crippen molar-refractivity contribution in [3.05, 3.63) is 48.0 Å². The molecule has 2 aliphatic heterocycles. The molecule has 1 aromatic carbocycles. The molecule has 1 aromatic rings. The summed E-state index contributed by atoms with van der Waals surface area (Å²) in [6.07, 6.45) is 4.47. The highest BCUT2D eigenvalue weighted by atomic mass is 16.6. The van der Waals surface area contributed by atoms with Gasteiger partial charge in [-0.05, 0) is 31.2 Å². The second-order valence-corrected chi connectivity index (χ2v) is 16.7. The number of fused-ring (bicyclic) bond motifs is 2. The first-order valence-electron chi connectivity index (χ1n) is 23.4. The number of ether oxygens (including phenoxy) is 11. The molecule has 0 aromatic heterocycles. The summed E-state index contributed by atoms with van der Waals surface area (Å²) in [6.45, 7) is 7.69. The molecule has 67 heavy (non-hydrogen) atoms. The van der Waals surface area contributed by atoms with E-state index < -0.39 is 42.5 Å². The molecule has 8 unspecified atom stereocenters. The molecule has 0 saturated carbocycles. The molecule has 1 fully saturated rings. The van der Waals surface area contributed by atoms with Crippen LogP contribution in [-0.2, 0) is 76.1 Å². The smallest absolute Gasteiger partial charge is 0.332 e. The molecule has 19 nitrogen and oxygen atoms in total. The van der Waals surface area contributed by atoms with Gasteiger partial charge in [-0.25, -0.2) is 4.79 Å². The SMILES string of the molecule is COC1/C=C/C(C)C2OC(O)(CC(=O)OC(c3ccccc3)CCCCC1OC)CC(OC(=O)COCCOCCNC(=O)COCCOCCCC(=O)COCCOCCNC(C)=O)C2C. The van der Waals surface area contributed by atoms with Crippen LogP contribution < -0.4 is 10.6 Å². The zero-order valence-electron chi connectivity index (χ0n) is 40.1. The van der Waals surface area contributed by atoms with Gasteiger partial charge in [-0.15, -0.1) is 0 Å².